The van der Waals surface area contributed by atoms with Crippen LogP contribution < -0.4 is 4.90 Å². The van der Waals surface area contributed by atoms with Gasteiger partial charge in [-0.15, -0.1) is 0 Å². The Balaban J connectivity index is 1.72. The second-order valence-corrected chi connectivity index (χ2v) is 8.93. The fourth-order valence-electron chi connectivity index (χ4n) is 5.19. The number of hydrogen-bond acceptors (Lipinski definition) is 4. The highest BCUT2D eigenvalue weighted by molar-refractivity contribution is 5.93. The lowest BCUT2D eigenvalue weighted by Crippen LogP contribution is -2.61. The standard InChI is InChI=1S/C28H33N3O2/c1-22(30-18-20-31(21-19-30)25-16-10-11-17-26(25)32)28(27(33)29(2)3,23-12-6-4-7-13-23)24-14-8-5-9-15-24/h4-17,22,32H,18-21H2,1-3H3. The van der Waals surface area contributed by atoms with Crippen molar-refractivity contribution in [2.45, 2.75) is 18.4 Å². The maximum absolute atomic E-state index is 14.0. The van der Waals surface area contributed by atoms with Crippen LogP contribution in [0.5, 0.6) is 5.75 Å². The Kier molecular flexibility index (Phi) is 6.70. The van der Waals surface area contributed by atoms with Crippen LogP contribution in [0.15, 0.2) is 84.9 Å². The zero-order valence-electron chi connectivity index (χ0n) is 19.7. The predicted molar refractivity (Wildman–Crippen MR) is 134 cm³/mol. The molecule has 3 aromatic rings. The molecule has 1 fully saturated rings. The lowest BCUT2D eigenvalue weighted by Gasteiger charge is -2.48. The van der Waals surface area contributed by atoms with Gasteiger partial charge in [0.15, 0.2) is 0 Å². The highest BCUT2D eigenvalue weighted by atomic mass is 16.3. The van der Waals surface area contributed by atoms with Crippen molar-refractivity contribution in [3.8, 4) is 5.75 Å². The molecule has 1 heterocycles. The van der Waals surface area contributed by atoms with Gasteiger partial charge in [0.1, 0.15) is 11.2 Å². The molecule has 5 nitrogen and oxygen atoms in total. The zero-order valence-corrected chi connectivity index (χ0v) is 19.7. The zero-order chi connectivity index (χ0) is 23.4. The Hall–Kier alpha value is -3.31. The molecule has 1 saturated heterocycles. The van der Waals surface area contributed by atoms with E-state index in [1.807, 2.05) is 68.7 Å². The minimum absolute atomic E-state index is 0.0660. The van der Waals surface area contributed by atoms with Gasteiger partial charge >= 0.3 is 0 Å². The van der Waals surface area contributed by atoms with Crippen molar-refractivity contribution < 1.29 is 9.90 Å². The molecule has 0 saturated carbocycles. The molecule has 3 aromatic carbocycles. The normalized spacial score (nSPS) is 15.8. The first-order valence-corrected chi connectivity index (χ1v) is 11.6. The summed E-state index contributed by atoms with van der Waals surface area (Å²) < 4.78 is 0. The number of phenols is 1. The number of aromatic hydroxyl groups is 1. The van der Waals surface area contributed by atoms with E-state index in [9.17, 15) is 9.90 Å². The number of benzene rings is 3. The van der Waals surface area contributed by atoms with Gasteiger partial charge in [-0.1, -0.05) is 72.8 Å². The van der Waals surface area contributed by atoms with E-state index in [-0.39, 0.29) is 11.9 Å². The van der Waals surface area contributed by atoms with Gasteiger partial charge in [-0.2, -0.15) is 0 Å². The first-order valence-electron chi connectivity index (χ1n) is 11.6. The smallest absolute Gasteiger partial charge is 0.238 e. The van der Waals surface area contributed by atoms with Gasteiger partial charge in [0.05, 0.1) is 5.69 Å². The van der Waals surface area contributed by atoms with Crippen LogP contribution in [0.3, 0.4) is 0 Å². The number of carbonyl (C=O) groups is 1. The largest absolute Gasteiger partial charge is 0.506 e. The topological polar surface area (TPSA) is 47.0 Å². The SMILES string of the molecule is CC(N1CCN(c2ccccc2O)CC1)C(C(=O)N(C)C)(c1ccccc1)c1ccccc1. The molecular formula is C28H33N3O2. The van der Waals surface area contributed by atoms with Gasteiger partial charge in [0, 0.05) is 46.3 Å². The number of anilines is 1. The maximum atomic E-state index is 14.0. The van der Waals surface area contributed by atoms with Crippen molar-refractivity contribution in [3.63, 3.8) is 0 Å². The van der Waals surface area contributed by atoms with Gasteiger partial charge in [-0.25, -0.2) is 0 Å². The molecule has 1 N–H and O–H groups in total. The van der Waals surface area contributed by atoms with E-state index in [0.29, 0.717) is 5.75 Å². The molecule has 5 heteroatoms. The molecule has 172 valence electrons. The van der Waals surface area contributed by atoms with Crippen LogP contribution in [-0.2, 0) is 10.2 Å². The number of piperazine rings is 1. The van der Waals surface area contributed by atoms with Crippen LogP contribution >= 0.6 is 0 Å². The van der Waals surface area contributed by atoms with E-state index in [1.165, 1.54) is 0 Å². The van der Waals surface area contributed by atoms with Gasteiger partial charge in [-0.3, -0.25) is 9.69 Å². The number of likely N-dealkylation sites (N-methyl/N-ethyl adjacent to an activating group) is 1. The summed E-state index contributed by atoms with van der Waals surface area (Å²) in [6.07, 6.45) is 0. The van der Waals surface area contributed by atoms with Crippen molar-refractivity contribution in [3.05, 3.63) is 96.1 Å². The Morgan fingerprint density at radius 1 is 0.818 bits per heavy atom. The third kappa shape index (κ3) is 4.21. The Labute approximate surface area is 196 Å². The minimum atomic E-state index is -0.830. The van der Waals surface area contributed by atoms with Crippen LogP contribution in [0.4, 0.5) is 5.69 Å². The number of rotatable bonds is 6. The van der Waals surface area contributed by atoms with Crippen LogP contribution in [-0.4, -0.2) is 67.1 Å². The maximum Gasteiger partial charge on any atom is 0.238 e. The van der Waals surface area contributed by atoms with Gasteiger partial charge in [0.25, 0.3) is 0 Å². The molecule has 33 heavy (non-hydrogen) atoms. The monoisotopic (exact) mass is 443 g/mol. The second kappa shape index (κ2) is 9.67. The predicted octanol–water partition coefficient (Wildman–Crippen LogP) is 3.98. The van der Waals surface area contributed by atoms with Crippen LogP contribution in [0, 0.1) is 0 Å². The van der Waals surface area contributed by atoms with Gasteiger partial charge < -0.3 is 14.9 Å². The molecule has 4 rings (SSSR count). The minimum Gasteiger partial charge on any atom is -0.506 e. The fraction of sp³-hybridized carbons (Fsp3) is 0.321. The molecule has 0 radical (unpaired) electrons. The fourth-order valence-corrected chi connectivity index (χ4v) is 5.19. The summed E-state index contributed by atoms with van der Waals surface area (Å²) in [5.74, 6) is 0.389. The summed E-state index contributed by atoms with van der Waals surface area (Å²) in [5.41, 5.74) is 2.05. The molecule has 0 aliphatic carbocycles. The number of amides is 1. The third-order valence-electron chi connectivity index (χ3n) is 6.91. The number of phenolic OH excluding ortho intramolecular Hbond substituents is 1. The molecule has 1 aliphatic heterocycles. The highest BCUT2D eigenvalue weighted by Crippen LogP contribution is 2.40. The van der Waals surface area contributed by atoms with Crippen molar-refractivity contribution in [1.82, 2.24) is 9.80 Å². The van der Waals surface area contributed by atoms with Crippen LogP contribution in [0.2, 0.25) is 0 Å². The van der Waals surface area contributed by atoms with E-state index in [1.54, 1.807) is 11.0 Å². The number of nitrogens with zero attached hydrogens (tertiary/aromatic N) is 3. The van der Waals surface area contributed by atoms with Crippen molar-refractivity contribution in [1.29, 1.82) is 0 Å². The molecule has 1 atom stereocenters. The number of carbonyl (C=O) groups excluding carboxylic acids is 1. The average molecular weight is 444 g/mol. The van der Waals surface area contributed by atoms with Crippen LogP contribution in [0.1, 0.15) is 18.1 Å². The number of hydrogen-bond donors (Lipinski definition) is 1. The highest BCUT2D eigenvalue weighted by Gasteiger charge is 2.50. The van der Waals surface area contributed by atoms with E-state index >= 15 is 0 Å². The van der Waals surface area contributed by atoms with E-state index in [2.05, 4.69) is 41.0 Å². The second-order valence-electron chi connectivity index (χ2n) is 8.93. The Morgan fingerprint density at radius 3 is 1.79 bits per heavy atom. The summed E-state index contributed by atoms with van der Waals surface area (Å²) in [5, 5.41) is 10.3. The third-order valence-corrected chi connectivity index (χ3v) is 6.91. The summed E-state index contributed by atoms with van der Waals surface area (Å²) in [4.78, 5) is 20.4. The van der Waals surface area contributed by atoms with Crippen molar-refractivity contribution in [2.24, 2.45) is 0 Å². The van der Waals surface area contributed by atoms with E-state index in [4.69, 9.17) is 0 Å². The molecule has 0 aromatic heterocycles. The van der Waals surface area contributed by atoms with Crippen molar-refractivity contribution in [2.75, 3.05) is 45.2 Å². The average Bonchev–Trinajstić information content (AvgIpc) is 2.86. The Morgan fingerprint density at radius 2 is 1.30 bits per heavy atom. The molecule has 1 amide bonds. The summed E-state index contributed by atoms with van der Waals surface area (Å²) in [6.45, 7) is 5.36. The van der Waals surface area contributed by atoms with Crippen molar-refractivity contribution >= 4 is 11.6 Å². The molecule has 1 unspecified atom stereocenters. The lowest BCUT2D eigenvalue weighted by atomic mass is 9.67. The van der Waals surface area contributed by atoms with Gasteiger partial charge in [0.2, 0.25) is 5.91 Å². The lowest BCUT2D eigenvalue weighted by molar-refractivity contribution is -0.135. The van der Waals surface area contributed by atoms with E-state index in [0.717, 1.165) is 43.0 Å². The summed E-state index contributed by atoms with van der Waals surface area (Å²) in [6, 6.07) is 27.8. The first kappa shape index (κ1) is 22.9. The molecule has 1 aliphatic rings. The number of para-hydroxylation sites is 2. The first-order chi connectivity index (χ1) is 16.0. The van der Waals surface area contributed by atoms with Gasteiger partial charge in [-0.05, 0) is 30.2 Å². The quantitative estimate of drug-likeness (QED) is 0.626. The molecule has 0 spiro atoms. The molecular weight excluding hydrogens is 410 g/mol. The summed E-state index contributed by atoms with van der Waals surface area (Å²) >= 11 is 0. The van der Waals surface area contributed by atoms with Crippen LogP contribution in [0.25, 0.3) is 0 Å². The summed E-state index contributed by atoms with van der Waals surface area (Å²) in [7, 11) is 3.68. The van der Waals surface area contributed by atoms with E-state index < -0.39 is 5.41 Å². The molecule has 0 bridgehead atoms. The Bertz CT molecular complexity index is 1020.